The highest BCUT2D eigenvalue weighted by Gasteiger charge is 2.43. The Morgan fingerprint density at radius 1 is 1.16 bits per heavy atom. The molecule has 7 nitrogen and oxygen atoms in total. The summed E-state index contributed by atoms with van der Waals surface area (Å²) in [6.07, 6.45) is 10.0. The van der Waals surface area contributed by atoms with Gasteiger partial charge in [-0.05, 0) is 43.4 Å². The van der Waals surface area contributed by atoms with Crippen molar-refractivity contribution in [2.75, 3.05) is 5.32 Å². The number of nitrogens with one attached hydrogen (secondary N) is 1. The van der Waals surface area contributed by atoms with Crippen molar-refractivity contribution in [1.29, 1.82) is 0 Å². The first-order chi connectivity index (χ1) is 15.0. The minimum Gasteiger partial charge on any atom is -0.392 e. The van der Waals surface area contributed by atoms with Gasteiger partial charge in [0, 0.05) is 41.9 Å². The molecule has 5 rings (SSSR count). The largest absolute Gasteiger partial charge is 0.392 e. The quantitative estimate of drug-likeness (QED) is 0.691. The van der Waals surface area contributed by atoms with Gasteiger partial charge in [0.2, 0.25) is 0 Å². The third kappa shape index (κ3) is 3.49. The van der Waals surface area contributed by atoms with Crippen molar-refractivity contribution in [3.8, 4) is 0 Å². The van der Waals surface area contributed by atoms with Gasteiger partial charge in [-0.2, -0.15) is 0 Å². The Balaban J connectivity index is 1.35. The molecule has 1 aromatic carbocycles. The van der Waals surface area contributed by atoms with E-state index in [2.05, 4.69) is 10.3 Å². The van der Waals surface area contributed by atoms with Crippen LogP contribution in [0.4, 0.5) is 5.69 Å². The van der Waals surface area contributed by atoms with Crippen LogP contribution < -0.4 is 11.1 Å². The van der Waals surface area contributed by atoms with Crippen molar-refractivity contribution >= 4 is 23.6 Å². The number of nitrogens with zero attached hydrogens (tertiary/aromatic N) is 2. The topological polar surface area (TPSA) is 109 Å². The van der Waals surface area contributed by atoms with Crippen LogP contribution in [0.1, 0.15) is 63.2 Å². The summed E-state index contributed by atoms with van der Waals surface area (Å²) in [5.74, 6) is -0.430. The number of rotatable bonds is 5. The first-order valence-corrected chi connectivity index (χ1v) is 10.8. The number of nitrogens with two attached hydrogens (primary N) is 1. The fourth-order valence-corrected chi connectivity index (χ4v) is 5.27. The van der Waals surface area contributed by atoms with Gasteiger partial charge in [-0.15, -0.1) is 0 Å². The minimum absolute atomic E-state index is 0.0298. The van der Waals surface area contributed by atoms with Crippen molar-refractivity contribution in [3.05, 3.63) is 64.5 Å². The van der Waals surface area contributed by atoms with Gasteiger partial charge in [0.25, 0.3) is 11.8 Å². The summed E-state index contributed by atoms with van der Waals surface area (Å²) in [6, 6.07) is 7.69. The molecular weight excluding hydrogens is 392 g/mol. The van der Waals surface area contributed by atoms with E-state index in [4.69, 9.17) is 5.73 Å². The molecule has 0 radical (unpaired) electrons. The number of amides is 2. The second-order valence-corrected chi connectivity index (χ2v) is 8.64. The van der Waals surface area contributed by atoms with Crippen LogP contribution in [0.15, 0.2) is 36.5 Å². The number of primary amides is 1. The number of carbonyl (C=O) groups excluding carboxylic acids is 2. The normalized spacial score (nSPS) is 23.6. The van der Waals surface area contributed by atoms with Gasteiger partial charge in [-0.3, -0.25) is 14.6 Å². The second-order valence-electron chi connectivity index (χ2n) is 8.64. The van der Waals surface area contributed by atoms with Crippen molar-refractivity contribution in [3.63, 3.8) is 0 Å². The predicted octanol–water partition coefficient (Wildman–Crippen LogP) is 2.49. The highest BCUT2D eigenvalue weighted by molar-refractivity contribution is 6.00. The van der Waals surface area contributed by atoms with Crippen LogP contribution in [-0.4, -0.2) is 44.9 Å². The molecule has 0 saturated carbocycles. The standard InChI is InChI=1S/C24H26N4O3/c25-23(30)20-12-26-21-3-1-2-19(21)22(20)27-16-10-17-8-9-18(11-16)28(17)24(31)15-6-4-14(13-29)5-7-15/h1-2,4-7,12,16-18,29H,3,8-11,13H2,(H2,25,30)(H,26,27)/t16?,17-,18+. The molecule has 2 aromatic rings. The lowest BCUT2D eigenvalue weighted by molar-refractivity contribution is 0.0583. The number of piperidine rings is 1. The molecule has 4 N–H and O–H groups in total. The molecule has 2 bridgehead atoms. The molecule has 1 aromatic heterocycles. The molecule has 3 heterocycles. The number of hydrogen-bond acceptors (Lipinski definition) is 5. The molecule has 3 aliphatic rings. The van der Waals surface area contributed by atoms with Crippen molar-refractivity contribution in [1.82, 2.24) is 9.88 Å². The van der Waals surface area contributed by atoms with Crippen molar-refractivity contribution in [2.24, 2.45) is 5.73 Å². The molecule has 0 spiro atoms. The predicted molar refractivity (Wildman–Crippen MR) is 117 cm³/mol. The molecule has 2 saturated heterocycles. The van der Waals surface area contributed by atoms with Crippen LogP contribution >= 0.6 is 0 Å². The van der Waals surface area contributed by atoms with Crippen LogP contribution in [0.5, 0.6) is 0 Å². The maximum atomic E-state index is 13.2. The third-order valence-electron chi connectivity index (χ3n) is 6.76. The lowest BCUT2D eigenvalue weighted by Crippen LogP contribution is -2.49. The smallest absolute Gasteiger partial charge is 0.254 e. The summed E-state index contributed by atoms with van der Waals surface area (Å²) in [7, 11) is 0. The lowest BCUT2D eigenvalue weighted by atomic mass is 9.95. The van der Waals surface area contributed by atoms with Crippen LogP contribution in [0, 0.1) is 0 Å². The number of carbonyl (C=O) groups is 2. The number of hydrogen-bond donors (Lipinski definition) is 3. The Morgan fingerprint density at radius 3 is 2.52 bits per heavy atom. The van der Waals surface area contributed by atoms with Gasteiger partial charge in [-0.25, -0.2) is 0 Å². The fraction of sp³-hybridized carbons (Fsp3) is 0.375. The van der Waals surface area contributed by atoms with Crippen LogP contribution in [0.25, 0.3) is 6.08 Å². The average molecular weight is 418 g/mol. The maximum Gasteiger partial charge on any atom is 0.254 e. The summed E-state index contributed by atoms with van der Waals surface area (Å²) in [4.78, 5) is 31.6. The van der Waals surface area contributed by atoms with E-state index in [0.29, 0.717) is 11.1 Å². The lowest BCUT2D eigenvalue weighted by Gasteiger charge is -2.40. The second kappa shape index (κ2) is 7.81. The zero-order valence-corrected chi connectivity index (χ0v) is 17.3. The minimum atomic E-state index is -0.486. The maximum absolute atomic E-state index is 13.2. The molecule has 31 heavy (non-hydrogen) atoms. The van der Waals surface area contributed by atoms with Gasteiger partial charge in [0.1, 0.15) is 0 Å². The molecule has 2 aliphatic heterocycles. The highest BCUT2D eigenvalue weighted by atomic mass is 16.3. The van der Waals surface area contributed by atoms with Crippen molar-refractivity contribution < 1.29 is 14.7 Å². The third-order valence-corrected chi connectivity index (χ3v) is 6.76. The van der Waals surface area contributed by atoms with Crippen molar-refractivity contribution in [2.45, 2.75) is 56.8 Å². The first kappa shape index (κ1) is 19.8. The summed E-state index contributed by atoms with van der Waals surface area (Å²) in [5, 5.41) is 12.8. The molecule has 7 heteroatoms. The van der Waals surface area contributed by atoms with Gasteiger partial charge in [-0.1, -0.05) is 24.3 Å². The summed E-state index contributed by atoms with van der Waals surface area (Å²) in [6.45, 7) is -0.0298. The van der Waals surface area contributed by atoms with E-state index in [1.807, 2.05) is 17.1 Å². The van der Waals surface area contributed by atoms with E-state index in [-0.39, 0.29) is 30.6 Å². The summed E-state index contributed by atoms with van der Waals surface area (Å²) < 4.78 is 0. The SMILES string of the molecule is NC(=O)c1cnc2c(c1NC1C[C@H]3CC[C@@H](C1)N3C(=O)c1ccc(CO)cc1)C=CC2. The molecular formula is C24H26N4O3. The fourth-order valence-electron chi connectivity index (χ4n) is 5.27. The van der Waals surface area contributed by atoms with Gasteiger partial charge in [0.05, 0.1) is 23.6 Å². The van der Waals surface area contributed by atoms with E-state index < -0.39 is 5.91 Å². The molecule has 2 fully saturated rings. The number of benzene rings is 1. The molecule has 3 atom stereocenters. The van der Waals surface area contributed by atoms with Gasteiger partial charge < -0.3 is 21.1 Å². The number of anilines is 1. The van der Waals surface area contributed by atoms with E-state index in [1.165, 1.54) is 0 Å². The van der Waals surface area contributed by atoms with E-state index in [0.717, 1.165) is 54.6 Å². The molecule has 1 aliphatic carbocycles. The Labute approximate surface area is 181 Å². The zero-order chi connectivity index (χ0) is 21.5. The Morgan fingerprint density at radius 2 is 1.87 bits per heavy atom. The number of aliphatic hydroxyl groups excluding tert-OH is 1. The van der Waals surface area contributed by atoms with Crippen LogP contribution in [0.2, 0.25) is 0 Å². The first-order valence-electron chi connectivity index (χ1n) is 10.8. The number of allylic oxidation sites excluding steroid dienone is 1. The number of pyridine rings is 1. The number of fused-ring (bicyclic) bond motifs is 3. The zero-order valence-electron chi connectivity index (χ0n) is 17.3. The molecule has 2 amide bonds. The average Bonchev–Trinajstić information content (AvgIpc) is 3.36. The van der Waals surface area contributed by atoms with E-state index in [9.17, 15) is 14.7 Å². The van der Waals surface area contributed by atoms with E-state index >= 15 is 0 Å². The molecule has 160 valence electrons. The summed E-state index contributed by atoms with van der Waals surface area (Å²) in [5.41, 5.74) is 10.2. The number of aliphatic hydroxyl groups is 1. The van der Waals surface area contributed by atoms with Gasteiger partial charge >= 0.3 is 0 Å². The Bertz CT molecular complexity index is 1050. The van der Waals surface area contributed by atoms with Gasteiger partial charge in [0.15, 0.2) is 0 Å². The van der Waals surface area contributed by atoms with Crippen LogP contribution in [-0.2, 0) is 13.0 Å². The van der Waals surface area contributed by atoms with E-state index in [1.54, 1.807) is 30.5 Å². The highest BCUT2D eigenvalue weighted by Crippen LogP contribution is 2.39. The Hall–Kier alpha value is -3.19. The number of aromatic nitrogens is 1. The summed E-state index contributed by atoms with van der Waals surface area (Å²) >= 11 is 0. The molecule has 1 unspecified atom stereocenters. The Kier molecular flexibility index (Phi) is 4.98. The monoisotopic (exact) mass is 418 g/mol. The van der Waals surface area contributed by atoms with Crippen LogP contribution in [0.3, 0.4) is 0 Å².